The first-order valence-electron chi connectivity index (χ1n) is 8.82. The van der Waals surface area contributed by atoms with Gasteiger partial charge in [-0.05, 0) is 44.7 Å². The molecule has 0 fully saturated rings. The minimum absolute atomic E-state index is 0.228. The van der Waals surface area contributed by atoms with E-state index in [1.54, 1.807) is 18.2 Å². The second-order valence-electron chi connectivity index (χ2n) is 6.57. The van der Waals surface area contributed by atoms with Crippen LogP contribution in [0.5, 0.6) is 0 Å². The number of hydrogen-bond donors (Lipinski definition) is 1. The fourth-order valence-corrected chi connectivity index (χ4v) is 3.36. The Morgan fingerprint density at radius 2 is 2.08 bits per heavy atom. The van der Waals surface area contributed by atoms with Crippen molar-refractivity contribution in [3.8, 4) is 5.69 Å². The molecule has 1 unspecified atom stereocenters. The van der Waals surface area contributed by atoms with Gasteiger partial charge in [0.05, 0.1) is 0 Å². The smallest absolute Gasteiger partial charge is 0.323 e. The van der Waals surface area contributed by atoms with Crippen LogP contribution in [0.2, 0.25) is 0 Å². The topological polar surface area (TPSA) is 75.4 Å². The minimum atomic E-state index is -1.07. The molecule has 0 saturated carbocycles. The van der Waals surface area contributed by atoms with Crippen LogP contribution in [-0.4, -0.2) is 44.3 Å². The Labute approximate surface area is 151 Å². The SMILES string of the molecule is CCC(C)N(CC(=O)O)C(=O)c1nn(-c2ccccc2F)c2c1CCC2. The van der Waals surface area contributed by atoms with Crippen LogP contribution >= 0.6 is 0 Å². The van der Waals surface area contributed by atoms with E-state index in [1.807, 2.05) is 13.8 Å². The lowest BCUT2D eigenvalue weighted by Gasteiger charge is -2.26. The monoisotopic (exact) mass is 359 g/mol. The zero-order chi connectivity index (χ0) is 18.8. The van der Waals surface area contributed by atoms with Crippen molar-refractivity contribution in [2.24, 2.45) is 0 Å². The number of aliphatic carboxylic acids is 1. The van der Waals surface area contributed by atoms with Crippen molar-refractivity contribution in [1.29, 1.82) is 0 Å². The fraction of sp³-hybridized carbons (Fsp3) is 0.421. The van der Waals surface area contributed by atoms with E-state index in [1.165, 1.54) is 15.6 Å². The maximum Gasteiger partial charge on any atom is 0.323 e. The predicted molar refractivity (Wildman–Crippen MR) is 94.0 cm³/mol. The summed E-state index contributed by atoms with van der Waals surface area (Å²) in [5.41, 5.74) is 2.18. The van der Waals surface area contributed by atoms with Crippen LogP contribution in [0.4, 0.5) is 4.39 Å². The van der Waals surface area contributed by atoms with E-state index in [0.29, 0.717) is 24.9 Å². The van der Waals surface area contributed by atoms with E-state index >= 15 is 0 Å². The van der Waals surface area contributed by atoms with Gasteiger partial charge in [0.1, 0.15) is 18.0 Å². The normalized spacial score (nSPS) is 14.1. The summed E-state index contributed by atoms with van der Waals surface area (Å²) in [6.45, 7) is 3.33. The molecule has 138 valence electrons. The standard InChI is InChI=1S/C19H22FN3O3/c1-3-12(2)22(11-17(24)25)19(26)18-13-7-6-10-15(13)23(21-18)16-9-5-4-8-14(16)20/h4-5,8-9,12H,3,6-7,10-11H2,1-2H3,(H,24,25). The van der Waals surface area contributed by atoms with Crippen LogP contribution in [0, 0.1) is 5.82 Å². The summed E-state index contributed by atoms with van der Waals surface area (Å²) in [6.07, 6.45) is 2.90. The number of fused-ring (bicyclic) bond motifs is 1. The fourth-order valence-electron chi connectivity index (χ4n) is 3.36. The number of halogens is 1. The maximum absolute atomic E-state index is 14.2. The van der Waals surface area contributed by atoms with Crippen LogP contribution in [0.15, 0.2) is 24.3 Å². The van der Waals surface area contributed by atoms with Crippen molar-refractivity contribution >= 4 is 11.9 Å². The zero-order valence-electron chi connectivity index (χ0n) is 14.9. The number of hydrogen-bond acceptors (Lipinski definition) is 3. The number of aromatic nitrogens is 2. The predicted octanol–water partition coefficient (Wildman–Crippen LogP) is 2.83. The second-order valence-corrected chi connectivity index (χ2v) is 6.57. The van der Waals surface area contributed by atoms with Crippen molar-refractivity contribution in [2.45, 2.75) is 45.6 Å². The Bertz CT molecular complexity index is 847. The molecule has 1 aliphatic rings. The van der Waals surface area contributed by atoms with Gasteiger partial charge in [-0.25, -0.2) is 9.07 Å². The Hall–Kier alpha value is -2.70. The van der Waals surface area contributed by atoms with Crippen molar-refractivity contribution < 1.29 is 19.1 Å². The number of carboxylic acid groups (broad SMARTS) is 1. The summed E-state index contributed by atoms with van der Waals surface area (Å²) in [7, 11) is 0. The molecule has 7 heteroatoms. The summed E-state index contributed by atoms with van der Waals surface area (Å²) in [5.74, 6) is -1.88. The third-order valence-electron chi connectivity index (χ3n) is 4.90. The number of carboxylic acids is 1. The summed E-state index contributed by atoms with van der Waals surface area (Å²) < 4.78 is 15.7. The number of amides is 1. The van der Waals surface area contributed by atoms with Gasteiger partial charge >= 0.3 is 5.97 Å². The molecule has 1 aliphatic carbocycles. The quantitative estimate of drug-likeness (QED) is 0.861. The number of carbonyl (C=O) groups is 2. The van der Waals surface area contributed by atoms with E-state index in [2.05, 4.69) is 5.10 Å². The van der Waals surface area contributed by atoms with Crippen LogP contribution in [0.3, 0.4) is 0 Å². The molecule has 3 rings (SSSR count). The molecular weight excluding hydrogens is 337 g/mol. The Kier molecular flexibility index (Phi) is 5.06. The van der Waals surface area contributed by atoms with Crippen molar-refractivity contribution in [3.63, 3.8) is 0 Å². The Morgan fingerprint density at radius 3 is 2.73 bits per heavy atom. The molecular formula is C19H22FN3O3. The van der Waals surface area contributed by atoms with Crippen LogP contribution in [-0.2, 0) is 17.6 Å². The molecule has 0 saturated heterocycles. The lowest BCUT2D eigenvalue weighted by Crippen LogP contribution is -2.42. The van der Waals surface area contributed by atoms with E-state index in [0.717, 1.165) is 17.7 Å². The summed E-state index contributed by atoms with van der Waals surface area (Å²) >= 11 is 0. The van der Waals surface area contributed by atoms with E-state index < -0.39 is 17.7 Å². The summed E-state index contributed by atoms with van der Waals surface area (Å²) in [6, 6.07) is 6.08. The van der Waals surface area contributed by atoms with Gasteiger partial charge in [-0.2, -0.15) is 5.10 Å². The number of rotatable bonds is 6. The van der Waals surface area contributed by atoms with E-state index in [9.17, 15) is 14.0 Å². The van der Waals surface area contributed by atoms with Gasteiger partial charge in [-0.3, -0.25) is 9.59 Å². The van der Waals surface area contributed by atoms with Gasteiger partial charge in [0, 0.05) is 17.3 Å². The van der Waals surface area contributed by atoms with Gasteiger partial charge in [0.2, 0.25) is 0 Å². The highest BCUT2D eigenvalue weighted by molar-refractivity contribution is 5.96. The Balaban J connectivity index is 2.06. The average Bonchev–Trinajstić information content (AvgIpc) is 3.21. The van der Waals surface area contributed by atoms with Crippen molar-refractivity contribution in [2.75, 3.05) is 6.54 Å². The highest BCUT2D eigenvalue weighted by atomic mass is 19.1. The van der Waals surface area contributed by atoms with Crippen LogP contribution in [0.25, 0.3) is 5.69 Å². The van der Waals surface area contributed by atoms with Crippen molar-refractivity contribution in [3.05, 3.63) is 47.0 Å². The molecule has 1 aromatic heterocycles. The number of nitrogens with zero attached hydrogens (tertiary/aromatic N) is 3. The molecule has 26 heavy (non-hydrogen) atoms. The molecule has 0 aliphatic heterocycles. The molecule has 1 amide bonds. The van der Waals surface area contributed by atoms with Gasteiger partial charge < -0.3 is 10.0 Å². The molecule has 1 heterocycles. The largest absolute Gasteiger partial charge is 0.480 e. The lowest BCUT2D eigenvalue weighted by molar-refractivity contribution is -0.138. The molecule has 2 aromatic rings. The second kappa shape index (κ2) is 7.27. The van der Waals surface area contributed by atoms with E-state index in [4.69, 9.17) is 5.11 Å². The molecule has 1 N–H and O–H groups in total. The average molecular weight is 359 g/mol. The summed E-state index contributed by atoms with van der Waals surface area (Å²) in [4.78, 5) is 25.6. The summed E-state index contributed by atoms with van der Waals surface area (Å²) in [5, 5.41) is 13.6. The molecule has 0 spiro atoms. The third kappa shape index (κ3) is 3.21. The molecule has 1 aromatic carbocycles. The van der Waals surface area contributed by atoms with Gasteiger partial charge in [-0.1, -0.05) is 19.1 Å². The van der Waals surface area contributed by atoms with Crippen LogP contribution < -0.4 is 0 Å². The third-order valence-corrected chi connectivity index (χ3v) is 4.90. The molecule has 0 radical (unpaired) electrons. The van der Waals surface area contributed by atoms with E-state index in [-0.39, 0.29) is 18.3 Å². The first kappa shape index (κ1) is 18.1. The Morgan fingerprint density at radius 1 is 1.35 bits per heavy atom. The number of benzene rings is 1. The van der Waals surface area contributed by atoms with Gasteiger partial charge in [0.15, 0.2) is 5.69 Å². The van der Waals surface area contributed by atoms with Gasteiger partial charge in [-0.15, -0.1) is 0 Å². The first-order valence-corrected chi connectivity index (χ1v) is 8.82. The van der Waals surface area contributed by atoms with Gasteiger partial charge in [0.25, 0.3) is 5.91 Å². The first-order chi connectivity index (χ1) is 12.4. The number of carbonyl (C=O) groups excluding carboxylic acids is 1. The number of para-hydroxylation sites is 1. The van der Waals surface area contributed by atoms with Crippen molar-refractivity contribution in [1.82, 2.24) is 14.7 Å². The van der Waals surface area contributed by atoms with Crippen LogP contribution in [0.1, 0.15) is 48.4 Å². The highest BCUT2D eigenvalue weighted by Gasteiger charge is 2.32. The molecule has 6 nitrogen and oxygen atoms in total. The molecule has 0 bridgehead atoms. The highest BCUT2D eigenvalue weighted by Crippen LogP contribution is 2.29. The minimum Gasteiger partial charge on any atom is -0.480 e. The maximum atomic E-state index is 14.2. The molecule has 1 atom stereocenters. The zero-order valence-corrected chi connectivity index (χ0v) is 14.9. The lowest BCUT2D eigenvalue weighted by atomic mass is 10.1.